The van der Waals surface area contributed by atoms with E-state index < -0.39 is 12.2 Å². The highest BCUT2D eigenvalue weighted by Gasteiger charge is 2.41. The van der Waals surface area contributed by atoms with E-state index in [1.807, 2.05) is 30.3 Å². The summed E-state index contributed by atoms with van der Waals surface area (Å²) in [5.41, 5.74) is 0.950. The summed E-state index contributed by atoms with van der Waals surface area (Å²) in [5.74, 6) is 0. The van der Waals surface area contributed by atoms with Crippen molar-refractivity contribution in [2.75, 3.05) is 0 Å². The van der Waals surface area contributed by atoms with E-state index in [9.17, 15) is 9.90 Å². The van der Waals surface area contributed by atoms with Crippen molar-refractivity contribution >= 4 is 6.09 Å². The van der Waals surface area contributed by atoms with Gasteiger partial charge in [-0.1, -0.05) is 30.3 Å². The third kappa shape index (κ3) is 2.94. The molecule has 5 nitrogen and oxygen atoms in total. The summed E-state index contributed by atoms with van der Waals surface area (Å²) in [6.07, 6.45) is 1.80. The number of amides is 1. The average Bonchev–Trinajstić information content (AvgIpc) is 2.86. The van der Waals surface area contributed by atoms with E-state index >= 15 is 0 Å². The van der Waals surface area contributed by atoms with Crippen LogP contribution in [0.3, 0.4) is 0 Å². The number of aliphatic hydroxyl groups excluding tert-OH is 1. The lowest BCUT2D eigenvalue weighted by Crippen LogP contribution is -2.59. The summed E-state index contributed by atoms with van der Waals surface area (Å²) in [4.78, 5) is 11.8. The Kier molecular flexibility index (Phi) is 3.89. The summed E-state index contributed by atoms with van der Waals surface area (Å²) in [7, 11) is 0. The van der Waals surface area contributed by atoms with Gasteiger partial charge in [-0.05, 0) is 24.8 Å². The molecule has 1 aromatic rings. The van der Waals surface area contributed by atoms with Crippen molar-refractivity contribution in [1.82, 2.24) is 10.6 Å². The highest BCUT2D eigenvalue weighted by Crippen LogP contribution is 2.27. The number of rotatable bonds is 3. The maximum absolute atomic E-state index is 11.8. The summed E-state index contributed by atoms with van der Waals surface area (Å²) in [5, 5.41) is 16.3. The second-order valence-electron chi connectivity index (χ2n) is 5.58. The number of hydrogen-bond donors (Lipinski definition) is 3. The third-order valence-electron chi connectivity index (χ3n) is 4.15. The monoisotopic (exact) mass is 276 g/mol. The SMILES string of the molecule is O=C(N[C@@H]1[C@H](O)C[C@@H]2CC[C@H]1N2)OCc1ccccc1. The van der Waals surface area contributed by atoms with E-state index in [0.717, 1.165) is 18.4 Å². The van der Waals surface area contributed by atoms with Gasteiger partial charge in [0.25, 0.3) is 0 Å². The van der Waals surface area contributed by atoms with Crippen LogP contribution >= 0.6 is 0 Å². The van der Waals surface area contributed by atoms with Crippen LogP contribution in [0.1, 0.15) is 24.8 Å². The first kappa shape index (κ1) is 13.4. The molecule has 2 bridgehead atoms. The minimum atomic E-state index is -0.488. The van der Waals surface area contributed by atoms with Gasteiger partial charge in [-0.3, -0.25) is 0 Å². The molecule has 0 unspecified atom stereocenters. The lowest BCUT2D eigenvalue weighted by molar-refractivity contribution is 0.0651. The molecule has 0 saturated carbocycles. The zero-order valence-electron chi connectivity index (χ0n) is 11.3. The van der Waals surface area contributed by atoms with Crippen LogP contribution in [-0.2, 0) is 11.3 Å². The number of benzene rings is 1. The molecule has 1 amide bonds. The van der Waals surface area contributed by atoms with Crippen molar-refractivity contribution in [2.24, 2.45) is 0 Å². The van der Waals surface area contributed by atoms with E-state index in [4.69, 9.17) is 4.74 Å². The highest BCUT2D eigenvalue weighted by molar-refractivity contribution is 5.67. The summed E-state index contributed by atoms with van der Waals surface area (Å²) in [6.45, 7) is 0.246. The molecule has 0 aliphatic carbocycles. The zero-order chi connectivity index (χ0) is 13.9. The van der Waals surface area contributed by atoms with Crippen molar-refractivity contribution < 1.29 is 14.6 Å². The van der Waals surface area contributed by atoms with Gasteiger partial charge in [0.1, 0.15) is 6.61 Å². The number of carbonyl (C=O) groups excluding carboxylic acids is 1. The summed E-state index contributed by atoms with van der Waals surface area (Å²) < 4.78 is 5.20. The molecular weight excluding hydrogens is 256 g/mol. The fourth-order valence-electron chi connectivity index (χ4n) is 3.12. The van der Waals surface area contributed by atoms with Gasteiger partial charge in [0, 0.05) is 12.1 Å². The first-order valence-electron chi connectivity index (χ1n) is 7.14. The van der Waals surface area contributed by atoms with Crippen LogP contribution in [0.5, 0.6) is 0 Å². The molecule has 0 spiro atoms. The van der Waals surface area contributed by atoms with Crippen LogP contribution in [-0.4, -0.2) is 35.4 Å². The van der Waals surface area contributed by atoms with Gasteiger partial charge in [0.15, 0.2) is 0 Å². The fraction of sp³-hybridized carbons (Fsp3) is 0.533. The molecule has 108 valence electrons. The zero-order valence-corrected chi connectivity index (χ0v) is 11.3. The first-order valence-corrected chi connectivity index (χ1v) is 7.14. The Morgan fingerprint density at radius 3 is 2.95 bits per heavy atom. The van der Waals surface area contributed by atoms with E-state index in [1.54, 1.807) is 0 Å². The smallest absolute Gasteiger partial charge is 0.407 e. The molecule has 2 fully saturated rings. The van der Waals surface area contributed by atoms with Crippen LogP contribution in [0.25, 0.3) is 0 Å². The molecule has 3 N–H and O–H groups in total. The van der Waals surface area contributed by atoms with Gasteiger partial charge >= 0.3 is 6.09 Å². The maximum Gasteiger partial charge on any atom is 0.407 e. The molecule has 2 aliphatic rings. The van der Waals surface area contributed by atoms with Crippen molar-refractivity contribution in [2.45, 2.75) is 50.1 Å². The molecule has 0 aromatic heterocycles. The number of fused-ring (bicyclic) bond motifs is 2. The number of ether oxygens (including phenoxy) is 1. The average molecular weight is 276 g/mol. The first-order chi connectivity index (χ1) is 9.72. The topological polar surface area (TPSA) is 70.6 Å². The predicted octanol–water partition coefficient (Wildman–Crippen LogP) is 1.17. The normalized spacial score (nSPS) is 31.9. The Balaban J connectivity index is 1.51. The van der Waals surface area contributed by atoms with Crippen LogP contribution < -0.4 is 10.6 Å². The van der Waals surface area contributed by atoms with Crippen molar-refractivity contribution in [3.63, 3.8) is 0 Å². The number of nitrogens with one attached hydrogen (secondary N) is 2. The molecule has 1 aromatic carbocycles. The molecule has 2 heterocycles. The van der Waals surface area contributed by atoms with Crippen LogP contribution in [0.2, 0.25) is 0 Å². The molecule has 5 heteroatoms. The Bertz CT molecular complexity index is 465. The molecule has 2 saturated heterocycles. The Morgan fingerprint density at radius 1 is 1.35 bits per heavy atom. The molecule has 20 heavy (non-hydrogen) atoms. The number of carbonyl (C=O) groups is 1. The van der Waals surface area contributed by atoms with Gasteiger partial charge < -0.3 is 20.5 Å². The highest BCUT2D eigenvalue weighted by atomic mass is 16.5. The molecule has 0 radical (unpaired) electrons. The van der Waals surface area contributed by atoms with E-state index in [-0.39, 0.29) is 18.7 Å². The minimum Gasteiger partial charge on any atom is -0.445 e. The second-order valence-corrected chi connectivity index (χ2v) is 5.58. The van der Waals surface area contributed by atoms with Crippen LogP contribution in [0.4, 0.5) is 4.79 Å². The van der Waals surface area contributed by atoms with Gasteiger partial charge in [-0.2, -0.15) is 0 Å². The maximum atomic E-state index is 11.8. The summed E-state index contributed by atoms with van der Waals surface area (Å²) in [6, 6.07) is 9.86. The lowest BCUT2D eigenvalue weighted by Gasteiger charge is -2.34. The van der Waals surface area contributed by atoms with Gasteiger partial charge in [0.05, 0.1) is 12.1 Å². The number of piperidine rings is 1. The Hall–Kier alpha value is -1.59. The Morgan fingerprint density at radius 2 is 2.15 bits per heavy atom. The van der Waals surface area contributed by atoms with E-state index in [2.05, 4.69) is 10.6 Å². The van der Waals surface area contributed by atoms with Gasteiger partial charge in [-0.25, -0.2) is 4.79 Å². The lowest BCUT2D eigenvalue weighted by atomic mass is 9.97. The van der Waals surface area contributed by atoms with E-state index in [1.165, 1.54) is 0 Å². The molecule has 2 aliphatic heterocycles. The quantitative estimate of drug-likeness (QED) is 0.775. The fourth-order valence-corrected chi connectivity index (χ4v) is 3.12. The largest absolute Gasteiger partial charge is 0.445 e. The number of aliphatic hydroxyl groups is 1. The minimum absolute atomic E-state index is 0.160. The number of alkyl carbamates (subject to hydrolysis) is 1. The van der Waals surface area contributed by atoms with Crippen LogP contribution in [0.15, 0.2) is 30.3 Å². The molecule has 3 rings (SSSR count). The van der Waals surface area contributed by atoms with Crippen molar-refractivity contribution in [3.8, 4) is 0 Å². The predicted molar refractivity (Wildman–Crippen MR) is 74.1 cm³/mol. The molecular formula is C15H20N2O3. The molecule has 4 atom stereocenters. The standard InChI is InChI=1S/C15H20N2O3/c18-13-8-11-6-7-12(16-11)14(13)17-15(19)20-9-10-4-2-1-3-5-10/h1-5,11-14,16,18H,6-9H2,(H,17,19)/t11-,12+,13+,14-/m0/s1. The van der Waals surface area contributed by atoms with Gasteiger partial charge in [-0.15, -0.1) is 0 Å². The van der Waals surface area contributed by atoms with Crippen LogP contribution in [0, 0.1) is 0 Å². The Labute approximate surface area is 118 Å². The second kappa shape index (κ2) is 5.81. The van der Waals surface area contributed by atoms with Crippen molar-refractivity contribution in [1.29, 1.82) is 0 Å². The van der Waals surface area contributed by atoms with Gasteiger partial charge in [0.2, 0.25) is 0 Å². The van der Waals surface area contributed by atoms with E-state index in [0.29, 0.717) is 12.5 Å². The van der Waals surface area contributed by atoms with Crippen molar-refractivity contribution in [3.05, 3.63) is 35.9 Å². The third-order valence-corrected chi connectivity index (χ3v) is 4.15. The summed E-state index contributed by atoms with van der Waals surface area (Å²) >= 11 is 0. The number of hydrogen-bond acceptors (Lipinski definition) is 4.